The van der Waals surface area contributed by atoms with Crippen LogP contribution in [0, 0.1) is 52.3 Å². The van der Waals surface area contributed by atoms with Crippen molar-refractivity contribution in [2.24, 2.45) is 52.3 Å². The van der Waals surface area contributed by atoms with Crippen molar-refractivity contribution in [1.29, 1.82) is 0 Å². The summed E-state index contributed by atoms with van der Waals surface area (Å²) in [6.45, 7) is 4.12. The van der Waals surface area contributed by atoms with Crippen LogP contribution < -0.4 is 0 Å². The average molecular weight is 1080 g/mol. The summed E-state index contributed by atoms with van der Waals surface area (Å²) in [6, 6.07) is 0. The Hall–Kier alpha value is -0.920. The largest absolute Gasteiger partial charge is 0.394 e. The zero-order chi connectivity index (χ0) is 54.3. The van der Waals surface area contributed by atoms with E-state index in [4.69, 9.17) is 42.6 Å². The van der Waals surface area contributed by atoms with Crippen molar-refractivity contribution in [2.45, 2.75) is 227 Å². The third kappa shape index (κ3) is 12.0. The molecule has 4 aliphatic heterocycles. The first-order chi connectivity index (χ1) is 35.7. The van der Waals surface area contributed by atoms with Crippen LogP contribution in [0.2, 0.25) is 0 Å². The molecule has 0 unspecified atom stereocenters. The second-order valence-electron chi connectivity index (χ2n) is 24.0. The summed E-state index contributed by atoms with van der Waals surface area (Å²) in [4.78, 5) is 0. The molecule has 0 spiro atoms. The zero-order valence-corrected chi connectivity index (χ0v) is 43.8. The minimum absolute atomic E-state index is 0.159. The molecule has 4 saturated heterocycles. The SMILES string of the molecule is CO[C@@H]1CC[C@@]2(C)[C@H](CC[C@@H]3[C@@H]2CC[C@]2(C)[C@@H]([C@H](C)CCCC(CO[C@@H]4O[C@H](CO)[C@@H](O[C@@H]5O[C@H](CO)[C@@H](O)[C@H](O)[C@H]5O)[C@H](O)[C@H]4O)CO[C@@H]4O[C@H](CO)[C@@H](O[C@@H]5O[C@H](CO)[C@@H](O)[C@H](O)[C@H]5O)[C@H](O)[C@H]4O)CC[C@@H]32)C1. The highest BCUT2D eigenvalue weighted by atomic mass is 16.8. The van der Waals surface area contributed by atoms with E-state index >= 15 is 0 Å². The molecule has 0 bridgehead atoms. The highest BCUT2D eigenvalue weighted by molar-refractivity contribution is 5.10. The molecule has 75 heavy (non-hydrogen) atoms. The summed E-state index contributed by atoms with van der Waals surface area (Å²) in [5, 5.41) is 148. The van der Waals surface area contributed by atoms with Gasteiger partial charge in [0.2, 0.25) is 0 Å². The van der Waals surface area contributed by atoms with E-state index in [9.17, 15) is 71.5 Å². The smallest absolute Gasteiger partial charge is 0.187 e. The highest BCUT2D eigenvalue weighted by Crippen LogP contribution is 2.68. The lowest BCUT2D eigenvalue weighted by Crippen LogP contribution is -2.65. The summed E-state index contributed by atoms with van der Waals surface area (Å²) in [5.41, 5.74) is 0.589. The van der Waals surface area contributed by atoms with Crippen LogP contribution in [0.3, 0.4) is 0 Å². The summed E-state index contributed by atoms with van der Waals surface area (Å²) in [6.07, 6.45) is -19.4. The van der Waals surface area contributed by atoms with E-state index in [-0.39, 0.29) is 18.6 Å². The number of aliphatic hydroxyl groups is 14. The number of aliphatic hydroxyl groups excluding tert-OH is 14. The van der Waals surface area contributed by atoms with Gasteiger partial charge in [0.25, 0.3) is 0 Å². The Morgan fingerprint density at radius 1 is 0.493 bits per heavy atom. The molecule has 0 aromatic rings. The third-order valence-electron chi connectivity index (χ3n) is 19.9. The number of ether oxygens (including phenoxy) is 9. The molecular formula is C52H90O23. The molecule has 436 valence electrons. The van der Waals surface area contributed by atoms with Crippen LogP contribution in [0.15, 0.2) is 0 Å². The first-order valence-electron chi connectivity index (χ1n) is 27.7. The Morgan fingerprint density at radius 3 is 1.45 bits per heavy atom. The van der Waals surface area contributed by atoms with E-state index in [0.717, 1.165) is 31.1 Å². The minimum atomic E-state index is -1.84. The highest BCUT2D eigenvalue weighted by Gasteiger charge is 2.61. The topological polar surface area (TPSA) is 366 Å². The molecule has 23 nitrogen and oxygen atoms in total. The molecule has 0 amide bonds. The van der Waals surface area contributed by atoms with Gasteiger partial charge >= 0.3 is 0 Å². The fourth-order valence-electron chi connectivity index (χ4n) is 15.4. The number of hydrogen-bond donors (Lipinski definition) is 14. The van der Waals surface area contributed by atoms with E-state index in [1.165, 1.54) is 51.4 Å². The van der Waals surface area contributed by atoms with Crippen LogP contribution in [-0.4, -0.2) is 247 Å². The van der Waals surface area contributed by atoms with Gasteiger partial charge in [-0.15, -0.1) is 0 Å². The second kappa shape index (κ2) is 25.5. The molecule has 0 aromatic carbocycles. The molecule has 8 aliphatic rings. The molecule has 8 fully saturated rings. The molecule has 4 saturated carbocycles. The standard InChI is InChI=1S/C52H90O23/c1-23(28-10-11-29-27-9-8-25-16-26(67-4)12-14-51(25,2)30(27)13-15-52(28,29)3)6-5-7-24(21-68-47-43(65)39(61)45(33(19-55)72-47)74-49-41(63)37(59)35(57)31(17-53)70-49)22-69-48-44(66)40(62)46(34(20-56)73-48)75-50-42(64)38(60)36(58)32(18-54)71-50/h23-50,53-66H,5-22H2,1-4H3/t23-,25-,26-,27+,28-,29+,30+,31-,32-,33-,34-,35-,36-,37+,38+,39-,40-,41-,42-,43-,44-,45-,46-,47-,48-,49+,50+,51+,52-/m1/s1. The fourth-order valence-corrected chi connectivity index (χ4v) is 15.4. The molecule has 4 heterocycles. The van der Waals surface area contributed by atoms with E-state index in [0.29, 0.717) is 41.6 Å². The van der Waals surface area contributed by atoms with Gasteiger partial charge in [-0.3, -0.25) is 0 Å². The number of methoxy groups -OCH3 is 1. The van der Waals surface area contributed by atoms with Gasteiger partial charge in [-0.25, -0.2) is 0 Å². The maximum atomic E-state index is 11.3. The Bertz CT molecular complexity index is 1690. The maximum absolute atomic E-state index is 11.3. The van der Waals surface area contributed by atoms with Crippen LogP contribution in [-0.2, 0) is 42.6 Å². The van der Waals surface area contributed by atoms with Gasteiger partial charge < -0.3 is 114 Å². The normalized spacial score (nSPS) is 50.8. The van der Waals surface area contributed by atoms with Crippen molar-refractivity contribution in [3.63, 3.8) is 0 Å². The quantitative estimate of drug-likeness (QED) is 0.0593. The number of fused-ring (bicyclic) bond motifs is 5. The molecule has 0 radical (unpaired) electrons. The molecule has 23 heteroatoms. The van der Waals surface area contributed by atoms with E-state index in [1.54, 1.807) is 0 Å². The van der Waals surface area contributed by atoms with Crippen LogP contribution in [0.4, 0.5) is 0 Å². The van der Waals surface area contributed by atoms with Crippen LogP contribution in [0.25, 0.3) is 0 Å². The molecule has 8 rings (SSSR count). The lowest BCUT2D eigenvalue weighted by Gasteiger charge is -2.61. The fraction of sp³-hybridized carbons (Fsp3) is 1.00. The lowest BCUT2D eigenvalue weighted by molar-refractivity contribution is -0.363. The van der Waals surface area contributed by atoms with Crippen molar-refractivity contribution in [3.05, 3.63) is 0 Å². The van der Waals surface area contributed by atoms with E-state index < -0.39 is 155 Å². The molecular weight excluding hydrogens is 993 g/mol. The van der Waals surface area contributed by atoms with Crippen molar-refractivity contribution in [2.75, 3.05) is 46.8 Å². The average Bonchev–Trinajstić information content (AvgIpc) is 3.79. The van der Waals surface area contributed by atoms with Crippen molar-refractivity contribution < 1.29 is 114 Å². The molecule has 14 N–H and O–H groups in total. The molecule has 29 atom stereocenters. The van der Waals surface area contributed by atoms with Gasteiger partial charge in [-0.1, -0.05) is 33.6 Å². The van der Waals surface area contributed by atoms with Gasteiger partial charge in [0.1, 0.15) is 97.7 Å². The summed E-state index contributed by atoms with van der Waals surface area (Å²) in [7, 11) is 1.85. The summed E-state index contributed by atoms with van der Waals surface area (Å²) in [5.74, 6) is 3.28. The Kier molecular flexibility index (Phi) is 20.4. The molecule has 4 aliphatic carbocycles. The molecule has 0 aromatic heterocycles. The number of rotatable bonds is 20. The number of hydrogen-bond acceptors (Lipinski definition) is 23. The Labute approximate surface area is 438 Å². The lowest BCUT2D eigenvalue weighted by atomic mass is 9.44. The van der Waals surface area contributed by atoms with E-state index in [2.05, 4.69) is 20.8 Å². The minimum Gasteiger partial charge on any atom is -0.394 e. The maximum Gasteiger partial charge on any atom is 0.187 e. The summed E-state index contributed by atoms with van der Waals surface area (Å²) >= 11 is 0. The van der Waals surface area contributed by atoms with Crippen molar-refractivity contribution in [3.8, 4) is 0 Å². The monoisotopic (exact) mass is 1080 g/mol. The zero-order valence-electron chi connectivity index (χ0n) is 43.8. The van der Waals surface area contributed by atoms with Gasteiger partial charge in [0.15, 0.2) is 25.2 Å². The van der Waals surface area contributed by atoms with Crippen molar-refractivity contribution >= 4 is 0 Å². The van der Waals surface area contributed by atoms with Gasteiger partial charge in [-0.2, -0.15) is 0 Å². The van der Waals surface area contributed by atoms with Crippen LogP contribution in [0.5, 0.6) is 0 Å². The van der Waals surface area contributed by atoms with Crippen molar-refractivity contribution in [1.82, 2.24) is 0 Å². The van der Waals surface area contributed by atoms with Crippen LogP contribution in [0.1, 0.15) is 97.8 Å². The first kappa shape index (κ1) is 60.2. The van der Waals surface area contributed by atoms with Crippen LogP contribution >= 0.6 is 0 Å². The Morgan fingerprint density at radius 2 is 0.960 bits per heavy atom. The second-order valence-corrected chi connectivity index (χ2v) is 24.0. The van der Waals surface area contributed by atoms with Gasteiger partial charge in [-0.05, 0) is 111 Å². The third-order valence-corrected chi connectivity index (χ3v) is 19.9. The summed E-state index contributed by atoms with van der Waals surface area (Å²) < 4.78 is 52.2. The van der Waals surface area contributed by atoms with Gasteiger partial charge in [0.05, 0.1) is 45.7 Å². The van der Waals surface area contributed by atoms with Gasteiger partial charge in [0, 0.05) is 13.0 Å². The predicted octanol–water partition coefficient (Wildman–Crippen LogP) is -2.64. The van der Waals surface area contributed by atoms with E-state index in [1.807, 2.05) is 7.11 Å². The Balaban J connectivity index is 0.918. The first-order valence-corrected chi connectivity index (χ1v) is 27.7. The predicted molar refractivity (Wildman–Crippen MR) is 257 cm³/mol.